The molecule has 134 valence electrons. The van der Waals surface area contributed by atoms with Gasteiger partial charge in [0.25, 0.3) is 5.91 Å². The molecular weight excluding hydrogens is 314 g/mol. The lowest BCUT2D eigenvalue weighted by molar-refractivity contribution is -0.127. The van der Waals surface area contributed by atoms with Crippen LogP contribution in [-0.2, 0) is 24.2 Å². The molecular formula is C21H27NO3. The van der Waals surface area contributed by atoms with Crippen LogP contribution in [0.3, 0.4) is 0 Å². The molecule has 4 nitrogen and oxygen atoms in total. The second-order valence-corrected chi connectivity index (χ2v) is 5.97. The lowest BCUT2D eigenvalue weighted by atomic mass is 10.0. The van der Waals surface area contributed by atoms with Crippen molar-refractivity contribution in [1.82, 2.24) is 5.32 Å². The summed E-state index contributed by atoms with van der Waals surface area (Å²) in [5.41, 5.74) is 3.71. The second-order valence-electron chi connectivity index (χ2n) is 5.97. The molecule has 0 unspecified atom stereocenters. The summed E-state index contributed by atoms with van der Waals surface area (Å²) in [7, 11) is 1.60. The topological polar surface area (TPSA) is 47.6 Å². The van der Waals surface area contributed by atoms with Crippen LogP contribution < -0.4 is 14.8 Å². The van der Waals surface area contributed by atoms with Crippen LogP contribution in [0.2, 0.25) is 0 Å². The molecule has 2 rings (SSSR count). The monoisotopic (exact) mass is 341 g/mol. The first-order chi connectivity index (χ1) is 12.1. The van der Waals surface area contributed by atoms with E-state index in [1.54, 1.807) is 20.1 Å². The molecule has 2 aromatic rings. The molecule has 0 aliphatic heterocycles. The number of hydrogen-bond acceptors (Lipinski definition) is 3. The van der Waals surface area contributed by atoms with E-state index in [-0.39, 0.29) is 5.91 Å². The highest BCUT2D eigenvalue weighted by Crippen LogP contribution is 2.20. The first-order valence-electron chi connectivity index (χ1n) is 8.76. The number of hydrogen-bond donors (Lipinski definition) is 1. The number of rotatable bonds is 8. The van der Waals surface area contributed by atoms with E-state index in [9.17, 15) is 4.79 Å². The van der Waals surface area contributed by atoms with Gasteiger partial charge < -0.3 is 14.8 Å². The molecule has 0 heterocycles. The van der Waals surface area contributed by atoms with E-state index in [1.165, 1.54) is 16.7 Å². The SMILES string of the molecule is CCc1ccc(CC)c(CNC(=O)[C@H](C)Oc2cccc(OC)c2)c1. The Hall–Kier alpha value is -2.49. The number of methoxy groups -OCH3 is 1. The van der Waals surface area contributed by atoms with Crippen molar-refractivity contribution in [2.24, 2.45) is 0 Å². The molecule has 1 amide bonds. The Bertz CT molecular complexity index is 712. The first kappa shape index (κ1) is 18.8. The van der Waals surface area contributed by atoms with Crippen molar-refractivity contribution in [2.45, 2.75) is 46.3 Å². The zero-order valence-corrected chi connectivity index (χ0v) is 15.5. The summed E-state index contributed by atoms with van der Waals surface area (Å²) in [5.74, 6) is 1.19. The van der Waals surface area contributed by atoms with E-state index < -0.39 is 6.10 Å². The Labute approximate surface area is 150 Å². The average molecular weight is 341 g/mol. The summed E-state index contributed by atoms with van der Waals surface area (Å²) < 4.78 is 10.9. The van der Waals surface area contributed by atoms with Crippen LogP contribution in [0.5, 0.6) is 11.5 Å². The highest BCUT2D eigenvalue weighted by atomic mass is 16.5. The predicted octanol–water partition coefficient (Wildman–Crippen LogP) is 3.90. The average Bonchev–Trinajstić information content (AvgIpc) is 2.65. The van der Waals surface area contributed by atoms with Crippen molar-refractivity contribution in [3.8, 4) is 11.5 Å². The zero-order chi connectivity index (χ0) is 18.2. The molecule has 1 N–H and O–H groups in total. The van der Waals surface area contributed by atoms with Crippen molar-refractivity contribution in [3.63, 3.8) is 0 Å². The van der Waals surface area contributed by atoms with Gasteiger partial charge in [-0.25, -0.2) is 0 Å². The van der Waals surface area contributed by atoms with Crippen LogP contribution in [0, 0.1) is 0 Å². The molecule has 0 saturated carbocycles. The van der Waals surface area contributed by atoms with Crippen molar-refractivity contribution < 1.29 is 14.3 Å². The summed E-state index contributed by atoms with van der Waals surface area (Å²) in [6.07, 6.45) is 1.36. The molecule has 0 aliphatic carbocycles. The number of nitrogens with one attached hydrogen (secondary N) is 1. The van der Waals surface area contributed by atoms with Crippen molar-refractivity contribution in [1.29, 1.82) is 0 Å². The van der Waals surface area contributed by atoms with E-state index in [2.05, 4.69) is 37.4 Å². The molecule has 0 bridgehead atoms. The lowest BCUT2D eigenvalue weighted by Gasteiger charge is -2.16. The Morgan fingerprint density at radius 2 is 1.80 bits per heavy atom. The van der Waals surface area contributed by atoms with Gasteiger partial charge in [0.2, 0.25) is 0 Å². The minimum atomic E-state index is -0.577. The highest BCUT2D eigenvalue weighted by molar-refractivity contribution is 5.80. The van der Waals surface area contributed by atoms with Gasteiger partial charge in [-0.05, 0) is 48.6 Å². The molecule has 0 spiro atoms. The van der Waals surface area contributed by atoms with Crippen LogP contribution >= 0.6 is 0 Å². The van der Waals surface area contributed by atoms with E-state index in [1.807, 2.05) is 18.2 Å². The van der Waals surface area contributed by atoms with Crippen molar-refractivity contribution >= 4 is 5.91 Å². The van der Waals surface area contributed by atoms with Crippen molar-refractivity contribution in [3.05, 3.63) is 59.2 Å². The van der Waals surface area contributed by atoms with Crippen LogP contribution in [0.25, 0.3) is 0 Å². The van der Waals surface area contributed by atoms with E-state index >= 15 is 0 Å². The van der Waals surface area contributed by atoms with Gasteiger partial charge in [-0.1, -0.05) is 38.1 Å². The Morgan fingerprint density at radius 3 is 2.48 bits per heavy atom. The number of benzene rings is 2. The van der Waals surface area contributed by atoms with Gasteiger partial charge >= 0.3 is 0 Å². The van der Waals surface area contributed by atoms with Gasteiger partial charge in [-0.3, -0.25) is 4.79 Å². The standard InChI is InChI=1S/C21H27NO3/c1-5-16-10-11-17(6-2)18(12-16)14-22-21(23)15(3)25-20-9-7-8-19(13-20)24-4/h7-13,15H,5-6,14H2,1-4H3,(H,22,23)/t15-/m0/s1. The quantitative estimate of drug-likeness (QED) is 0.792. The molecule has 1 atom stereocenters. The third-order valence-corrected chi connectivity index (χ3v) is 4.24. The second kappa shape index (κ2) is 9.11. The molecule has 0 fully saturated rings. The van der Waals surface area contributed by atoms with Gasteiger partial charge in [-0.2, -0.15) is 0 Å². The number of carbonyl (C=O) groups is 1. The maximum atomic E-state index is 12.4. The molecule has 25 heavy (non-hydrogen) atoms. The van der Waals surface area contributed by atoms with Crippen molar-refractivity contribution in [2.75, 3.05) is 7.11 Å². The van der Waals surface area contributed by atoms with Crippen LogP contribution in [0.15, 0.2) is 42.5 Å². The smallest absolute Gasteiger partial charge is 0.261 e. The Morgan fingerprint density at radius 1 is 1.04 bits per heavy atom. The summed E-state index contributed by atoms with van der Waals surface area (Å²) in [5, 5.41) is 2.98. The lowest BCUT2D eigenvalue weighted by Crippen LogP contribution is -2.36. The summed E-state index contributed by atoms with van der Waals surface area (Å²) in [6.45, 7) is 6.52. The van der Waals surface area contributed by atoms with Gasteiger partial charge in [0.05, 0.1) is 7.11 Å². The summed E-state index contributed by atoms with van der Waals surface area (Å²) in [4.78, 5) is 12.4. The van der Waals surface area contributed by atoms with Gasteiger partial charge in [0.15, 0.2) is 6.10 Å². The first-order valence-corrected chi connectivity index (χ1v) is 8.76. The fourth-order valence-electron chi connectivity index (χ4n) is 2.67. The maximum absolute atomic E-state index is 12.4. The van der Waals surface area contributed by atoms with Gasteiger partial charge in [0.1, 0.15) is 11.5 Å². The molecule has 4 heteroatoms. The summed E-state index contributed by atoms with van der Waals surface area (Å²) in [6, 6.07) is 13.7. The normalized spacial score (nSPS) is 11.7. The number of aryl methyl sites for hydroxylation is 2. The fraction of sp³-hybridized carbons (Fsp3) is 0.381. The summed E-state index contributed by atoms with van der Waals surface area (Å²) >= 11 is 0. The molecule has 0 aromatic heterocycles. The third kappa shape index (κ3) is 5.24. The largest absolute Gasteiger partial charge is 0.497 e. The molecule has 2 aromatic carbocycles. The number of carbonyl (C=O) groups excluding carboxylic acids is 1. The Kier molecular flexibility index (Phi) is 6.87. The zero-order valence-electron chi connectivity index (χ0n) is 15.5. The molecule has 0 radical (unpaired) electrons. The van der Waals surface area contributed by atoms with E-state index in [0.29, 0.717) is 18.0 Å². The van der Waals surface area contributed by atoms with Gasteiger partial charge in [-0.15, -0.1) is 0 Å². The number of ether oxygens (including phenoxy) is 2. The molecule has 0 aliphatic rings. The van der Waals surface area contributed by atoms with E-state index in [0.717, 1.165) is 12.8 Å². The minimum absolute atomic E-state index is 0.133. The van der Waals surface area contributed by atoms with Gasteiger partial charge in [0, 0.05) is 12.6 Å². The third-order valence-electron chi connectivity index (χ3n) is 4.24. The van der Waals surface area contributed by atoms with Crippen LogP contribution in [0.4, 0.5) is 0 Å². The highest BCUT2D eigenvalue weighted by Gasteiger charge is 2.15. The van der Waals surface area contributed by atoms with Crippen LogP contribution in [0.1, 0.15) is 37.5 Å². The molecule has 0 saturated heterocycles. The minimum Gasteiger partial charge on any atom is -0.497 e. The number of amides is 1. The predicted molar refractivity (Wildman–Crippen MR) is 100 cm³/mol. The fourth-order valence-corrected chi connectivity index (χ4v) is 2.67. The Balaban J connectivity index is 1.97. The maximum Gasteiger partial charge on any atom is 0.261 e. The van der Waals surface area contributed by atoms with Crippen LogP contribution in [-0.4, -0.2) is 19.1 Å². The van der Waals surface area contributed by atoms with E-state index in [4.69, 9.17) is 9.47 Å².